The molecule has 0 heterocycles. The molecule has 0 aromatic heterocycles. The Kier molecular flexibility index (Phi) is 5.55. The SMILES string of the molecule is CCC1(OC(=O)c2cc(I)ccc2OCCl)CCCC1. The van der Waals surface area contributed by atoms with Crippen LogP contribution >= 0.6 is 34.2 Å². The third-order valence-electron chi connectivity index (χ3n) is 3.84. The van der Waals surface area contributed by atoms with Gasteiger partial charge in [-0.1, -0.05) is 18.5 Å². The molecule has 1 aromatic rings. The Morgan fingerprint density at radius 3 is 2.70 bits per heavy atom. The van der Waals surface area contributed by atoms with Gasteiger partial charge in [-0.3, -0.25) is 0 Å². The lowest BCUT2D eigenvalue weighted by Crippen LogP contribution is -2.31. The van der Waals surface area contributed by atoms with Gasteiger partial charge in [0.25, 0.3) is 0 Å². The lowest BCUT2D eigenvalue weighted by Gasteiger charge is -2.28. The third-order valence-corrected chi connectivity index (χ3v) is 4.62. The molecule has 0 bridgehead atoms. The molecule has 0 atom stereocenters. The number of halogens is 2. The standard InChI is InChI=1S/C15H18ClIO3/c1-2-15(7-3-4-8-15)20-14(18)12-9-11(17)5-6-13(12)19-10-16/h5-6,9H,2-4,7-8,10H2,1H3. The molecule has 5 heteroatoms. The molecular weight excluding hydrogens is 391 g/mol. The van der Waals surface area contributed by atoms with Crippen LogP contribution in [0.4, 0.5) is 0 Å². The van der Waals surface area contributed by atoms with E-state index in [1.54, 1.807) is 12.1 Å². The number of hydrogen-bond acceptors (Lipinski definition) is 3. The Bertz CT molecular complexity index is 484. The van der Waals surface area contributed by atoms with E-state index >= 15 is 0 Å². The number of carbonyl (C=O) groups is 1. The minimum absolute atomic E-state index is 0.0137. The molecule has 20 heavy (non-hydrogen) atoms. The summed E-state index contributed by atoms with van der Waals surface area (Å²) in [6.07, 6.45) is 5.00. The van der Waals surface area contributed by atoms with Crippen molar-refractivity contribution in [3.05, 3.63) is 27.3 Å². The first-order valence-electron chi connectivity index (χ1n) is 6.82. The normalized spacial score (nSPS) is 16.9. The smallest absolute Gasteiger partial charge is 0.342 e. The second-order valence-electron chi connectivity index (χ2n) is 5.03. The summed E-state index contributed by atoms with van der Waals surface area (Å²) in [4.78, 5) is 12.5. The number of rotatable bonds is 5. The maximum absolute atomic E-state index is 12.5. The Morgan fingerprint density at radius 2 is 2.10 bits per heavy atom. The van der Waals surface area contributed by atoms with Crippen molar-refractivity contribution in [3.8, 4) is 5.75 Å². The maximum atomic E-state index is 12.5. The quantitative estimate of drug-likeness (QED) is 0.401. The summed E-state index contributed by atoms with van der Waals surface area (Å²) in [5.74, 6) is 0.169. The molecule has 110 valence electrons. The summed E-state index contributed by atoms with van der Waals surface area (Å²) < 4.78 is 12.1. The Balaban J connectivity index is 2.21. The highest BCUT2D eigenvalue weighted by Gasteiger charge is 2.36. The van der Waals surface area contributed by atoms with E-state index in [4.69, 9.17) is 21.1 Å². The van der Waals surface area contributed by atoms with Crippen molar-refractivity contribution < 1.29 is 14.3 Å². The number of carbonyl (C=O) groups excluding carboxylic acids is 1. The number of ether oxygens (including phenoxy) is 2. The van der Waals surface area contributed by atoms with Gasteiger partial charge in [-0.25, -0.2) is 4.79 Å². The number of benzene rings is 1. The van der Waals surface area contributed by atoms with Gasteiger partial charge in [0.1, 0.15) is 16.9 Å². The molecule has 0 saturated heterocycles. The van der Waals surface area contributed by atoms with Gasteiger partial charge >= 0.3 is 5.97 Å². The van der Waals surface area contributed by atoms with Crippen LogP contribution in [-0.2, 0) is 4.74 Å². The third kappa shape index (κ3) is 3.58. The van der Waals surface area contributed by atoms with Crippen LogP contribution in [0.1, 0.15) is 49.4 Å². The molecule has 0 aliphatic heterocycles. The van der Waals surface area contributed by atoms with Crippen molar-refractivity contribution in [2.75, 3.05) is 6.07 Å². The van der Waals surface area contributed by atoms with Crippen LogP contribution < -0.4 is 4.74 Å². The van der Waals surface area contributed by atoms with E-state index < -0.39 is 0 Å². The fourth-order valence-electron chi connectivity index (χ4n) is 2.65. The molecule has 0 N–H and O–H groups in total. The summed E-state index contributed by atoms with van der Waals surface area (Å²) in [7, 11) is 0. The van der Waals surface area contributed by atoms with Gasteiger partial charge in [0.2, 0.25) is 0 Å². The molecular formula is C15H18ClIO3. The van der Waals surface area contributed by atoms with E-state index in [2.05, 4.69) is 29.5 Å². The van der Waals surface area contributed by atoms with Crippen LogP contribution in [0.2, 0.25) is 0 Å². The molecule has 0 radical (unpaired) electrons. The average molecular weight is 409 g/mol. The monoisotopic (exact) mass is 408 g/mol. The van der Waals surface area contributed by atoms with Crippen LogP contribution in [0.25, 0.3) is 0 Å². The lowest BCUT2D eigenvalue weighted by molar-refractivity contribution is -0.0174. The highest BCUT2D eigenvalue weighted by Crippen LogP contribution is 2.37. The largest absolute Gasteiger partial charge is 0.477 e. The first-order chi connectivity index (χ1) is 9.60. The van der Waals surface area contributed by atoms with E-state index in [0.29, 0.717) is 11.3 Å². The zero-order valence-electron chi connectivity index (χ0n) is 11.5. The van der Waals surface area contributed by atoms with Gasteiger partial charge in [-0.05, 0) is 72.9 Å². The second kappa shape index (κ2) is 6.98. The summed E-state index contributed by atoms with van der Waals surface area (Å²) >= 11 is 7.77. The van der Waals surface area contributed by atoms with E-state index in [-0.39, 0.29) is 17.6 Å². The summed E-state index contributed by atoms with van der Waals surface area (Å²) in [5.41, 5.74) is 0.161. The van der Waals surface area contributed by atoms with E-state index in [1.807, 2.05) is 6.07 Å². The first-order valence-corrected chi connectivity index (χ1v) is 8.43. The minimum atomic E-state index is -0.313. The van der Waals surface area contributed by atoms with Gasteiger partial charge < -0.3 is 9.47 Å². The van der Waals surface area contributed by atoms with Crippen LogP contribution in [0.3, 0.4) is 0 Å². The van der Waals surface area contributed by atoms with Crippen molar-refractivity contribution in [2.24, 2.45) is 0 Å². The molecule has 1 aliphatic carbocycles. The first kappa shape index (κ1) is 15.9. The highest BCUT2D eigenvalue weighted by atomic mass is 127. The highest BCUT2D eigenvalue weighted by molar-refractivity contribution is 14.1. The molecule has 0 amide bonds. The summed E-state index contributed by atoms with van der Waals surface area (Å²) in [5, 5.41) is 0. The Morgan fingerprint density at radius 1 is 1.40 bits per heavy atom. The predicted octanol–water partition coefficient (Wildman–Crippen LogP) is 4.75. The molecule has 1 aromatic carbocycles. The average Bonchev–Trinajstić information content (AvgIpc) is 2.90. The van der Waals surface area contributed by atoms with E-state index in [0.717, 1.165) is 35.7 Å². The molecule has 1 fully saturated rings. The topological polar surface area (TPSA) is 35.5 Å². The summed E-state index contributed by atoms with van der Waals surface area (Å²) in [6, 6.07) is 5.43. The molecule has 0 unspecified atom stereocenters. The maximum Gasteiger partial charge on any atom is 0.342 e. The van der Waals surface area contributed by atoms with Crippen LogP contribution in [0.15, 0.2) is 18.2 Å². The molecule has 0 spiro atoms. The Labute approximate surface area is 138 Å². The van der Waals surface area contributed by atoms with Gasteiger partial charge in [0.15, 0.2) is 6.07 Å². The number of hydrogen-bond donors (Lipinski definition) is 0. The van der Waals surface area contributed by atoms with Crippen molar-refractivity contribution in [1.82, 2.24) is 0 Å². The lowest BCUT2D eigenvalue weighted by atomic mass is 9.98. The van der Waals surface area contributed by atoms with Gasteiger partial charge in [0, 0.05) is 3.57 Å². The zero-order valence-corrected chi connectivity index (χ0v) is 14.4. The number of alkyl halides is 1. The molecule has 3 nitrogen and oxygen atoms in total. The van der Waals surface area contributed by atoms with Crippen LogP contribution in [0, 0.1) is 3.57 Å². The molecule has 2 rings (SSSR count). The molecule has 1 aliphatic rings. The predicted molar refractivity (Wildman–Crippen MR) is 87.4 cm³/mol. The van der Waals surface area contributed by atoms with Gasteiger partial charge in [-0.2, -0.15) is 0 Å². The second-order valence-corrected chi connectivity index (χ2v) is 6.49. The van der Waals surface area contributed by atoms with E-state index in [1.165, 1.54) is 0 Å². The molecule has 1 saturated carbocycles. The number of esters is 1. The van der Waals surface area contributed by atoms with Crippen molar-refractivity contribution in [1.29, 1.82) is 0 Å². The summed E-state index contributed by atoms with van der Waals surface area (Å²) in [6.45, 7) is 2.07. The van der Waals surface area contributed by atoms with Gasteiger partial charge in [-0.15, -0.1) is 0 Å². The van der Waals surface area contributed by atoms with Crippen LogP contribution in [0.5, 0.6) is 5.75 Å². The fraction of sp³-hybridized carbons (Fsp3) is 0.533. The van der Waals surface area contributed by atoms with Gasteiger partial charge in [0.05, 0.1) is 0 Å². The van der Waals surface area contributed by atoms with Crippen molar-refractivity contribution in [3.63, 3.8) is 0 Å². The Hall–Kier alpha value is -0.490. The van der Waals surface area contributed by atoms with Crippen LogP contribution in [-0.4, -0.2) is 17.6 Å². The zero-order chi connectivity index (χ0) is 14.6. The van der Waals surface area contributed by atoms with Crippen molar-refractivity contribution in [2.45, 2.75) is 44.6 Å². The van der Waals surface area contributed by atoms with Crippen molar-refractivity contribution >= 4 is 40.2 Å². The van der Waals surface area contributed by atoms with E-state index in [9.17, 15) is 4.79 Å². The fourth-order valence-corrected chi connectivity index (χ4v) is 3.25. The minimum Gasteiger partial charge on any atom is -0.477 e.